The van der Waals surface area contributed by atoms with Crippen LogP contribution in [0.15, 0.2) is 12.2 Å². The van der Waals surface area contributed by atoms with E-state index < -0.39 is 0 Å². The van der Waals surface area contributed by atoms with Gasteiger partial charge in [0.25, 0.3) is 0 Å². The molecule has 0 aromatic carbocycles. The lowest BCUT2D eigenvalue weighted by molar-refractivity contribution is -0.0262. The van der Waals surface area contributed by atoms with E-state index in [1.807, 2.05) is 12.2 Å². The highest BCUT2D eigenvalue weighted by molar-refractivity contribution is 4.85. The zero-order valence-corrected chi connectivity index (χ0v) is 11.0. The van der Waals surface area contributed by atoms with Crippen molar-refractivity contribution < 1.29 is 4.74 Å². The van der Waals surface area contributed by atoms with E-state index in [2.05, 4.69) is 20.8 Å². The van der Waals surface area contributed by atoms with Crippen LogP contribution in [0.25, 0.3) is 0 Å². The summed E-state index contributed by atoms with van der Waals surface area (Å²) in [7, 11) is 0. The van der Waals surface area contributed by atoms with Gasteiger partial charge in [-0.1, -0.05) is 39.3 Å². The molecule has 2 nitrogen and oxygen atoms in total. The van der Waals surface area contributed by atoms with Crippen molar-refractivity contribution in [3.63, 3.8) is 0 Å². The molecule has 0 amide bonds. The second-order valence-electron chi connectivity index (χ2n) is 5.40. The Morgan fingerprint density at radius 2 is 2.06 bits per heavy atom. The van der Waals surface area contributed by atoms with Gasteiger partial charge in [0.15, 0.2) is 0 Å². The second-order valence-corrected chi connectivity index (χ2v) is 5.40. The number of rotatable bonds is 5. The zero-order chi connectivity index (χ0) is 12.0. The second kappa shape index (κ2) is 7.08. The van der Waals surface area contributed by atoms with Crippen LogP contribution in [0.5, 0.6) is 0 Å². The maximum absolute atomic E-state index is 5.99. The topological polar surface area (TPSA) is 35.2 Å². The molecule has 0 spiro atoms. The molecule has 1 rings (SSSR count). The van der Waals surface area contributed by atoms with Crippen molar-refractivity contribution >= 4 is 0 Å². The van der Waals surface area contributed by atoms with Crippen molar-refractivity contribution in [1.82, 2.24) is 0 Å². The molecule has 16 heavy (non-hydrogen) atoms. The Morgan fingerprint density at radius 3 is 2.69 bits per heavy atom. The Hall–Kier alpha value is -0.340. The Labute approximate surface area is 100 Å². The zero-order valence-electron chi connectivity index (χ0n) is 11.0. The summed E-state index contributed by atoms with van der Waals surface area (Å²) in [5.41, 5.74) is 5.40. The normalized spacial score (nSPS) is 31.4. The van der Waals surface area contributed by atoms with E-state index >= 15 is 0 Å². The molecule has 94 valence electrons. The van der Waals surface area contributed by atoms with Crippen molar-refractivity contribution in [1.29, 1.82) is 0 Å². The molecule has 2 N–H and O–H groups in total. The summed E-state index contributed by atoms with van der Waals surface area (Å²) < 4.78 is 5.99. The Bertz CT molecular complexity index is 213. The van der Waals surface area contributed by atoms with Gasteiger partial charge in [-0.15, -0.1) is 0 Å². The molecule has 1 saturated carbocycles. The van der Waals surface area contributed by atoms with Crippen molar-refractivity contribution in [3.05, 3.63) is 12.2 Å². The molecule has 0 aliphatic heterocycles. The summed E-state index contributed by atoms with van der Waals surface area (Å²) in [5, 5.41) is 0. The van der Waals surface area contributed by atoms with Gasteiger partial charge in [0.05, 0.1) is 12.7 Å². The number of hydrogen-bond donors (Lipinski definition) is 1. The standard InChI is InChI=1S/C14H27NO/c1-11(2)13-7-6-12(3)10-14(13)16-9-5-4-8-15/h4-5,11-14H,6-10,15H2,1-3H3. The van der Waals surface area contributed by atoms with Crippen LogP contribution in [-0.2, 0) is 4.74 Å². The highest BCUT2D eigenvalue weighted by Gasteiger charge is 2.30. The lowest BCUT2D eigenvalue weighted by Crippen LogP contribution is -2.34. The van der Waals surface area contributed by atoms with Crippen LogP contribution in [0, 0.1) is 17.8 Å². The van der Waals surface area contributed by atoms with E-state index in [1.165, 1.54) is 19.3 Å². The molecule has 3 unspecified atom stereocenters. The van der Waals surface area contributed by atoms with Crippen LogP contribution in [0.2, 0.25) is 0 Å². The maximum atomic E-state index is 5.99. The lowest BCUT2D eigenvalue weighted by atomic mass is 9.75. The van der Waals surface area contributed by atoms with Gasteiger partial charge in [-0.05, 0) is 30.6 Å². The van der Waals surface area contributed by atoms with Crippen LogP contribution in [0.1, 0.15) is 40.0 Å². The highest BCUT2D eigenvalue weighted by Crippen LogP contribution is 2.35. The van der Waals surface area contributed by atoms with Crippen LogP contribution in [-0.4, -0.2) is 19.3 Å². The fraction of sp³-hybridized carbons (Fsp3) is 0.857. The summed E-state index contributed by atoms with van der Waals surface area (Å²) in [6.45, 7) is 8.29. The SMILES string of the molecule is CC1CCC(C(C)C)C(OCC=CCN)C1. The van der Waals surface area contributed by atoms with E-state index in [4.69, 9.17) is 10.5 Å². The molecule has 0 bridgehead atoms. The van der Waals surface area contributed by atoms with Gasteiger partial charge >= 0.3 is 0 Å². The molecular weight excluding hydrogens is 198 g/mol. The molecule has 0 aromatic rings. The van der Waals surface area contributed by atoms with Gasteiger partial charge in [0.1, 0.15) is 0 Å². The minimum Gasteiger partial charge on any atom is -0.374 e. The lowest BCUT2D eigenvalue weighted by Gasteiger charge is -2.37. The third-order valence-electron chi connectivity index (χ3n) is 3.67. The minimum absolute atomic E-state index is 0.450. The first kappa shape index (κ1) is 13.7. The number of hydrogen-bond acceptors (Lipinski definition) is 2. The quantitative estimate of drug-likeness (QED) is 0.730. The number of nitrogens with two attached hydrogens (primary N) is 1. The van der Waals surface area contributed by atoms with Crippen molar-refractivity contribution in [3.8, 4) is 0 Å². The summed E-state index contributed by atoms with van der Waals surface area (Å²) in [5.74, 6) is 2.29. The summed E-state index contributed by atoms with van der Waals surface area (Å²) in [4.78, 5) is 0. The predicted molar refractivity (Wildman–Crippen MR) is 69.3 cm³/mol. The molecule has 1 aliphatic carbocycles. The molecule has 0 saturated heterocycles. The van der Waals surface area contributed by atoms with Gasteiger partial charge < -0.3 is 10.5 Å². The molecule has 2 heteroatoms. The molecule has 3 atom stereocenters. The van der Waals surface area contributed by atoms with Crippen LogP contribution < -0.4 is 5.73 Å². The highest BCUT2D eigenvalue weighted by atomic mass is 16.5. The van der Waals surface area contributed by atoms with Crippen LogP contribution >= 0.6 is 0 Å². The van der Waals surface area contributed by atoms with Gasteiger partial charge in [-0.3, -0.25) is 0 Å². The monoisotopic (exact) mass is 225 g/mol. The van der Waals surface area contributed by atoms with E-state index in [-0.39, 0.29) is 0 Å². The van der Waals surface area contributed by atoms with Crippen molar-refractivity contribution in [2.75, 3.05) is 13.2 Å². The van der Waals surface area contributed by atoms with E-state index in [1.54, 1.807) is 0 Å². The summed E-state index contributed by atoms with van der Waals surface area (Å²) in [6, 6.07) is 0. The smallest absolute Gasteiger partial charge is 0.0651 e. The van der Waals surface area contributed by atoms with Crippen LogP contribution in [0.4, 0.5) is 0 Å². The average molecular weight is 225 g/mol. The fourth-order valence-electron chi connectivity index (χ4n) is 2.65. The van der Waals surface area contributed by atoms with E-state index in [9.17, 15) is 0 Å². The first-order chi connectivity index (χ1) is 7.65. The fourth-order valence-corrected chi connectivity index (χ4v) is 2.65. The molecule has 0 aromatic heterocycles. The molecule has 1 fully saturated rings. The van der Waals surface area contributed by atoms with Gasteiger partial charge in [0, 0.05) is 6.54 Å². The molecule has 1 aliphatic rings. The third kappa shape index (κ3) is 4.26. The van der Waals surface area contributed by atoms with Crippen molar-refractivity contribution in [2.45, 2.75) is 46.1 Å². The first-order valence-corrected chi connectivity index (χ1v) is 6.61. The molecular formula is C14H27NO. The summed E-state index contributed by atoms with van der Waals surface area (Å²) in [6.07, 6.45) is 8.36. The Balaban J connectivity index is 2.41. The Kier molecular flexibility index (Phi) is 6.07. The maximum Gasteiger partial charge on any atom is 0.0651 e. The third-order valence-corrected chi connectivity index (χ3v) is 3.67. The molecule has 0 radical (unpaired) electrons. The van der Waals surface area contributed by atoms with E-state index in [0.29, 0.717) is 12.6 Å². The average Bonchev–Trinajstić information content (AvgIpc) is 2.24. The molecule has 0 heterocycles. The Morgan fingerprint density at radius 1 is 1.31 bits per heavy atom. The predicted octanol–water partition coefficient (Wildman–Crippen LogP) is 2.98. The largest absolute Gasteiger partial charge is 0.374 e. The first-order valence-electron chi connectivity index (χ1n) is 6.61. The van der Waals surface area contributed by atoms with E-state index in [0.717, 1.165) is 24.4 Å². The van der Waals surface area contributed by atoms with Gasteiger partial charge in [0.2, 0.25) is 0 Å². The van der Waals surface area contributed by atoms with Crippen LogP contribution in [0.3, 0.4) is 0 Å². The van der Waals surface area contributed by atoms with Crippen molar-refractivity contribution in [2.24, 2.45) is 23.5 Å². The number of ether oxygens (including phenoxy) is 1. The van der Waals surface area contributed by atoms with Gasteiger partial charge in [-0.2, -0.15) is 0 Å². The summed E-state index contributed by atoms with van der Waals surface area (Å²) >= 11 is 0. The van der Waals surface area contributed by atoms with Gasteiger partial charge in [-0.25, -0.2) is 0 Å². The minimum atomic E-state index is 0.450.